The van der Waals surface area contributed by atoms with Crippen molar-refractivity contribution in [1.82, 2.24) is 5.32 Å². The van der Waals surface area contributed by atoms with Crippen LogP contribution in [-0.2, 0) is 0 Å². The fourth-order valence-electron chi connectivity index (χ4n) is 4.90. The van der Waals surface area contributed by atoms with Crippen LogP contribution in [0, 0.1) is 11.8 Å². The second-order valence-electron chi connectivity index (χ2n) is 8.39. The van der Waals surface area contributed by atoms with E-state index in [1.807, 2.05) is 13.8 Å². The Morgan fingerprint density at radius 3 is 2.00 bits per heavy atom. The maximum Gasteiger partial charge on any atom is 0.251 e. The van der Waals surface area contributed by atoms with Gasteiger partial charge in [0.05, 0.1) is 12.6 Å². The number of rotatable bonds is 6. The van der Waals surface area contributed by atoms with E-state index < -0.39 is 0 Å². The Morgan fingerprint density at radius 1 is 0.964 bits per heavy atom. The molecule has 2 aromatic carbocycles. The summed E-state index contributed by atoms with van der Waals surface area (Å²) in [7, 11) is 0. The number of fused-ring (bicyclic) bond motifs is 5. The van der Waals surface area contributed by atoms with Crippen LogP contribution >= 0.6 is 0 Å². The number of carbonyl (C=O) groups is 2. The van der Waals surface area contributed by atoms with Crippen molar-refractivity contribution in [2.24, 2.45) is 11.8 Å². The lowest BCUT2D eigenvalue weighted by molar-refractivity contribution is 0.0890. The van der Waals surface area contributed by atoms with E-state index in [-0.39, 0.29) is 36.2 Å². The number of amides is 1. The number of aliphatic hydroxyl groups is 1. The van der Waals surface area contributed by atoms with Crippen LogP contribution in [0.3, 0.4) is 0 Å². The summed E-state index contributed by atoms with van der Waals surface area (Å²) in [6, 6.07) is 15.1. The number of ketones is 1. The molecule has 0 heterocycles. The monoisotopic (exact) mass is 377 g/mol. The second kappa shape index (κ2) is 7.51. The van der Waals surface area contributed by atoms with Crippen molar-refractivity contribution in [3.8, 4) is 0 Å². The van der Waals surface area contributed by atoms with Crippen LogP contribution in [0.15, 0.2) is 48.5 Å². The zero-order chi connectivity index (χ0) is 19.8. The lowest BCUT2D eigenvalue weighted by Gasteiger charge is -2.20. The fourth-order valence-corrected chi connectivity index (χ4v) is 4.90. The molecule has 0 radical (unpaired) electrons. The molecule has 2 bridgehead atoms. The number of nitrogens with one attached hydrogen (secondary N) is 1. The fraction of sp³-hybridized carbons (Fsp3) is 0.417. The van der Waals surface area contributed by atoms with Gasteiger partial charge in [-0.3, -0.25) is 9.59 Å². The Morgan fingerprint density at radius 2 is 1.50 bits per heavy atom. The van der Waals surface area contributed by atoms with Crippen molar-refractivity contribution < 1.29 is 14.7 Å². The van der Waals surface area contributed by atoms with Gasteiger partial charge in [0.2, 0.25) is 0 Å². The summed E-state index contributed by atoms with van der Waals surface area (Å²) in [6.07, 6.45) is 2.16. The van der Waals surface area contributed by atoms with Gasteiger partial charge in [0.1, 0.15) is 0 Å². The number of hydrogen-bond donors (Lipinski definition) is 2. The molecule has 2 aromatic rings. The highest BCUT2D eigenvalue weighted by molar-refractivity contribution is 6.01. The van der Waals surface area contributed by atoms with Crippen LogP contribution in [0.1, 0.15) is 70.4 Å². The number of aliphatic hydroxyl groups excluding tert-OH is 1. The van der Waals surface area contributed by atoms with Crippen molar-refractivity contribution in [2.45, 2.75) is 44.6 Å². The van der Waals surface area contributed by atoms with E-state index in [4.69, 9.17) is 0 Å². The highest BCUT2D eigenvalue weighted by Gasteiger charge is 2.49. The highest BCUT2D eigenvalue weighted by Crippen LogP contribution is 2.57. The maximum atomic E-state index is 13.2. The molecule has 4 rings (SSSR count). The Bertz CT molecular complexity index is 856. The molecular formula is C24H27NO3. The summed E-state index contributed by atoms with van der Waals surface area (Å²) in [5.41, 5.74) is 3.87. The minimum atomic E-state index is -0.276. The summed E-state index contributed by atoms with van der Waals surface area (Å²) >= 11 is 0. The van der Waals surface area contributed by atoms with E-state index in [1.54, 1.807) is 24.3 Å². The molecule has 1 saturated carbocycles. The van der Waals surface area contributed by atoms with E-state index in [2.05, 4.69) is 29.6 Å². The van der Waals surface area contributed by atoms with Crippen molar-refractivity contribution >= 4 is 11.7 Å². The average molecular weight is 377 g/mol. The third kappa shape index (κ3) is 3.16. The first-order valence-corrected chi connectivity index (χ1v) is 10.2. The minimum Gasteiger partial charge on any atom is -0.394 e. The largest absolute Gasteiger partial charge is 0.394 e. The van der Waals surface area contributed by atoms with E-state index in [1.165, 1.54) is 11.1 Å². The van der Waals surface area contributed by atoms with Gasteiger partial charge in [-0.25, -0.2) is 0 Å². The van der Waals surface area contributed by atoms with Crippen LogP contribution in [0.25, 0.3) is 0 Å². The molecule has 4 heteroatoms. The Balaban J connectivity index is 1.49. The molecule has 2 unspecified atom stereocenters. The summed E-state index contributed by atoms with van der Waals surface area (Å²) < 4.78 is 0. The van der Waals surface area contributed by atoms with Crippen LogP contribution < -0.4 is 5.32 Å². The predicted molar refractivity (Wildman–Crippen MR) is 109 cm³/mol. The summed E-state index contributed by atoms with van der Waals surface area (Å²) in [6.45, 7) is 3.82. The summed E-state index contributed by atoms with van der Waals surface area (Å²) in [5.74, 6) is 0.790. The molecule has 28 heavy (non-hydrogen) atoms. The molecule has 1 fully saturated rings. The molecule has 2 aliphatic carbocycles. The molecule has 0 spiro atoms. The molecule has 0 saturated heterocycles. The van der Waals surface area contributed by atoms with Gasteiger partial charge < -0.3 is 10.4 Å². The molecular weight excluding hydrogens is 350 g/mol. The van der Waals surface area contributed by atoms with Crippen molar-refractivity contribution in [2.75, 3.05) is 6.61 Å². The quantitative estimate of drug-likeness (QED) is 0.750. The van der Waals surface area contributed by atoms with E-state index in [9.17, 15) is 14.7 Å². The molecule has 2 aliphatic rings. The standard InChI is InChI=1S/C24H27NO3/c1-14(2)21(13-26)25-24(28)16-9-7-15(8-10-16)23(27)22-19-11-12-20(22)18-6-4-3-5-17(18)19/h3-10,14,19-22,26H,11-13H2,1-2H3,(H,25,28)/t19?,20?,21-,22?/m1/s1. The Hall–Kier alpha value is -2.46. The van der Waals surface area contributed by atoms with Crippen LogP contribution in [0.2, 0.25) is 0 Å². The van der Waals surface area contributed by atoms with E-state index in [0.717, 1.165) is 12.8 Å². The minimum absolute atomic E-state index is 0.0248. The van der Waals surface area contributed by atoms with Gasteiger partial charge in [-0.2, -0.15) is 0 Å². The van der Waals surface area contributed by atoms with Gasteiger partial charge in [-0.1, -0.05) is 50.2 Å². The lowest BCUT2D eigenvalue weighted by atomic mass is 9.87. The van der Waals surface area contributed by atoms with Gasteiger partial charge in [0.25, 0.3) is 5.91 Å². The van der Waals surface area contributed by atoms with Gasteiger partial charge in [0.15, 0.2) is 5.78 Å². The van der Waals surface area contributed by atoms with Gasteiger partial charge in [-0.15, -0.1) is 0 Å². The van der Waals surface area contributed by atoms with Gasteiger partial charge in [0, 0.05) is 17.0 Å². The predicted octanol–water partition coefficient (Wildman–Crippen LogP) is 3.91. The van der Waals surface area contributed by atoms with Gasteiger partial charge >= 0.3 is 0 Å². The molecule has 146 valence electrons. The second-order valence-corrected chi connectivity index (χ2v) is 8.39. The maximum absolute atomic E-state index is 13.2. The number of benzene rings is 2. The number of carbonyl (C=O) groups excluding carboxylic acids is 2. The van der Waals surface area contributed by atoms with E-state index in [0.29, 0.717) is 23.0 Å². The van der Waals surface area contributed by atoms with Crippen molar-refractivity contribution in [1.29, 1.82) is 0 Å². The topological polar surface area (TPSA) is 66.4 Å². The first-order chi connectivity index (χ1) is 13.5. The van der Waals surface area contributed by atoms with Crippen molar-refractivity contribution in [3.05, 3.63) is 70.8 Å². The SMILES string of the molecule is CC(C)[C@@H](CO)NC(=O)c1ccc(C(=O)C2C3CCC2c2ccccc23)cc1. The Kier molecular flexibility index (Phi) is 5.07. The first-order valence-electron chi connectivity index (χ1n) is 10.2. The van der Waals surface area contributed by atoms with Crippen molar-refractivity contribution in [3.63, 3.8) is 0 Å². The molecule has 3 atom stereocenters. The molecule has 2 N–H and O–H groups in total. The molecule has 4 nitrogen and oxygen atoms in total. The number of Topliss-reactive ketones (excluding diaryl/α,β-unsaturated/α-hetero) is 1. The van der Waals surface area contributed by atoms with Crippen LogP contribution in [0.5, 0.6) is 0 Å². The van der Waals surface area contributed by atoms with Gasteiger partial charge in [-0.05, 0) is 53.9 Å². The highest BCUT2D eigenvalue weighted by atomic mass is 16.3. The smallest absolute Gasteiger partial charge is 0.251 e. The van der Waals surface area contributed by atoms with Crippen LogP contribution in [0.4, 0.5) is 0 Å². The zero-order valence-electron chi connectivity index (χ0n) is 16.4. The Labute approximate surface area is 166 Å². The normalized spacial score (nSPS) is 23.5. The zero-order valence-corrected chi connectivity index (χ0v) is 16.4. The lowest BCUT2D eigenvalue weighted by Crippen LogP contribution is -2.41. The average Bonchev–Trinajstić information content (AvgIpc) is 3.28. The summed E-state index contributed by atoms with van der Waals surface area (Å²) in [5, 5.41) is 12.2. The molecule has 0 aromatic heterocycles. The third-order valence-electron chi connectivity index (χ3n) is 6.50. The number of hydrogen-bond acceptors (Lipinski definition) is 3. The van der Waals surface area contributed by atoms with E-state index >= 15 is 0 Å². The summed E-state index contributed by atoms with van der Waals surface area (Å²) in [4.78, 5) is 25.6. The van der Waals surface area contributed by atoms with Crippen LogP contribution in [-0.4, -0.2) is 29.4 Å². The first kappa shape index (κ1) is 18.9. The molecule has 0 aliphatic heterocycles. The third-order valence-corrected chi connectivity index (χ3v) is 6.50. The molecule has 1 amide bonds.